The molecule has 6 heteroatoms. The van der Waals surface area contributed by atoms with Gasteiger partial charge in [-0.3, -0.25) is 9.59 Å². The molecular formula is C19H23N3O2S. The van der Waals surface area contributed by atoms with Gasteiger partial charge in [-0.25, -0.2) is 4.98 Å². The average molecular weight is 357 g/mol. The van der Waals surface area contributed by atoms with E-state index in [0.717, 1.165) is 28.5 Å². The summed E-state index contributed by atoms with van der Waals surface area (Å²) in [5.74, 6) is 0.782. The maximum absolute atomic E-state index is 12.2. The van der Waals surface area contributed by atoms with Crippen molar-refractivity contribution in [1.82, 2.24) is 10.3 Å². The molecule has 0 aliphatic heterocycles. The molecule has 0 saturated heterocycles. The van der Waals surface area contributed by atoms with Crippen LogP contribution in [0.4, 0.5) is 5.69 Å². The van der Waals surface area contributed by atoms with Crippen LogP contribution in [-0.4, -0.2) is 22.6 Å². The predicted octanol–water partition coefficient (Wildman–Crippen LogP) is 3.86. The zero-order valence-electron chi connectivity index (χ0n) is 14.5. The van der Waals surface area contributed by atoms with Crippen LogP contribution in [-0.2, 0) is 11.3 Å². The normalized spacial score (nSPS) is 10.3. The fourth-order valence-corrected chi connectivity index (χ4v) is 2.83. The Morgan fingerprint density at radius 3 is 2.68 bits per heavy atom. The number of carbonyl (C=O) groups excluding carboxylic acids is 2. The van der Waals surface area contributed by atoms with Crippen molar-refractivity contribution in [2.75, 3.05) is 11.1 Å². The molecule has 1 heterocycles. The summed E-state index contributed by atoms with van der Waals surface area (Å²) in [6.45, 7) is 4.42. The van der Waals surface area contributed by atoms with Crippen molar-refractivity contribution in [3.8, 4) is 0 Å². The maximum Gasteiger partial charge on any atom is 0.253 e. The zero-order valence-corrected chi connectivity index (χ0v) is 15.4. The number of nitrogens with zero attached hydrogens (tertiary/aromatic N) is 1. The molecule has 1 aromatic carbocycles. The number of nitrogens with one attached hydrogen (secondary N) is 2. The molecule has 1 aromatic heterocycles. The second kappa shape index (κ2) is 9.84. The Bertz CT molecular complexity index is 717. The van der Waals surface area contributed by atoms with Gasteiger partial charge in [0.05, 0.1) is 10.6 Å². The molecule has 0 spiro atoms. The second-order valence-corrected chi connectivity index (χ2v) is 6.78. The second-order valence-electron chi connectivity index (χ2n) is 5.50. The van der Waals surface area contributed by atoms with Crippen LogP contribution in [0.3, 0.4) is 0 Å². The molecule has 25 heavy (non-hydrogen) atoms. The summed E-state index contributed by atoms with van der Waals surface area (Å²) in [5.41, 5.74) is 2.20. The molecule has 0 radical (unpaired) electrons. The summed E-state index contributed by atoms with van der Waals surface area (Å²) in [5, 5.41) is 6.64. The maximum atomic E-state index is 12.2. The lowest BCUT2D eigenvalue weighted by molar-refractivity contribution is -0.116. The first-order valence-corrected chi connectivity index (χ1v) is 9.36. The highest BCUT2D eigenvalue weighted by molar-refractivity contribution is 7.99. The summed E-state index contributed by atoms with van der Waals surface area (Å²) in [4.78, 5) is 28.1. The van der Waals surface area contributed by atoms with Gasteiger partial charge in [-0.1, -0.05) is 26.0 Å². The van der Waals surface area contributed by atoms with Crippen LogP contribution in [0.15, 0.2) is 47.6 Å². The number of hydrogen-bond acceptors (Lipinski definition) is 4. The Labute approximate surface area is 152 Å². The van der Waals surface area contributed by atoms with Crippen molar-refractivity contribution in [3.63, 3.8) is 0 Å². The van der Waals surface area contributed by atoms with E-state index in [9.17, 15) is 9.59 Å². The predicted molar refractivity (Wildman–Crippen MR) is 102 cm³/mol. The number of benzene rings is 1. The third-order valence-electron chi connectivity index (χ3n) is 3.43. The minimum absolute atomic E-state index is 0.000186. The SMILES string of the molecule is CCCC(=O)Nc1cccc(CNC(=O)c2ccc(SCC)nc2)c1. The third-order valence-corrected chi connectivity index (χ3v) is 4.26. The van der Waals surface area contributed by atoms with Crippen LogP contribution in [0.2, 0.25) is 0 Å². The highest BCUT2D eigenvalue weighted by atomic mass is 32.2. The van der Waals surface area contributed by atoms with Crippen LogP contribution >= 0.6 is 11.8 Å². The van der Waals surface area contributed by atoms with E-state index in [1.165, 1.54) is 0 Å². The van der Waals surface area contributed by atoms with Crippen LogP contribution in [0, 0.1) is 0 Å². The molecule has 0 atom stereocenters. The van der Waals surface area contributed by atoms with Crippen molar-refractivity contribution in [2.24, 2.45) is 0 Å². The van der Waals surface area contributed by atoms with Crippen molar-refractivity contribution >= 4 is 29.3 Å². The first kappa shape index (κ1) is 19.0. The Morgan fingerprint density at radius 1 is 1.16 bits per heavy atom. The summed E-state index contributed by atoms with van der Waals surface area (Å²) in [6, 6.07) is 11.1. The van der Waals surface area contributed by atoms with Gasteiger partial charge in [0.2, 0.25) is 5.91 Å². The molecule has 0 unspecified atom stereocenters. The van der Waals surface area contributed by atoms with Gasteiger partial charge in [0.25, 0.3) is 5.91 Å². The minimum atomic E-state index is -0.166. The quantitative estimate of drug-likeness (QED) is 0.704. The van der Waals surface area contributed by atoms with E-state index in [4.69, 9.17) is 0 Å². The standard InChI is InChI=1S/C19H23N3O2S/c1-3-6-17(23)22-16-8-5-7-14(11-16)12-21-19(24)15-9-10-18(20-13-15)25-4-2/h5,7-11,13H,3-4,6,12H2,1-2H3,(H,21,24)(H,22,23). The van der Waals surface area contributed by atoms with E-state index in [2.05, 4.69) is 22.5 Å². The molecular weight excluding hydrogens is 334 g/mol. The summed E-state index contributed by atoms with van der Waals surface area (Å²) in [6.07, 6.45) is 2.90. The topological polar surface area (TPSA) is 71.1 Å². The number of hydrogen-bond donors (Lipinski definition) is 2. The highest BCUT2D eigenvalue weighted by Gasteiger charge is 2.07. The molecule has 0 fully saturated rings. The smallest absolute Gasteiger partial charge is 0.253 e. The average Bonchev–Trinajstić information content (AvgIpc) is 2.61. The fourth-order valence-electron chi connectivity index (χ4n) is 2.24. The van der Waals surface area contributed by atoms with Gasteiger partial charge in [-0.2, -0.15) is 0 Å². The van der Waals surface area contributed by atoms with Gasteiger partial charge < -0.3 is 10.6 Å². The lowest BCUT2D eigenvalue weighted by Gasteiger charge is -2.09. The lowest BCUT2D eigenvalue weighted by Crippen LogP contribution is -2.23. The van der Waals surface area contributed by atoms with Crippen molar-refractivity contribution in [3.05, 3.63) is 53.7 Å². The fraction of sp³-hybridized carbons (Fsp3) is 0.316. The van der Waals surface area contributed by atoms with Crippen molar-refractivity contribution < 1.29 is 9.59 Å². The first-order valence-electron chi connectivity index (χ1n) is 8.38. The number of aromatic nitrogens is 1. The lowest BCUT2D eigenvalue weighted by atomic mass is 10.2. The van der Waals surface area contributed by atoms with E-state index >= 15 is 0 Å². The molecule has 0 bridgehead atoms. The molecule has 2 N–H and O–H groups in total. The largest absolute Gasteiger partial charge is 0.348 e. The monoisotopic (exact) mass is 357 g/mol. The number of amides is 2. The number of thioether (sulfide) groups is 1. The summed E-state index contributed by atoms with van der Waals surface area (Å²) in [7, 11) is 0. The van der Waals surface area contributed by atoms with Crippen LogP contribution < -0.4 is 10.6 Å². The van der Waals surface area contributed by atoms with Gasteiger partial charge in [-0.05, 0) is 42.0 Å². The number of anilines is 1. The minimum Gasteiger partial charge on any atom is -0.348 e. The van der Waals surface area contributed by atoms with Gasteiger partial charge in [0, 0.05) is 24.8 Å². The number of carbonyl (C=O) groups is 2. The third kappa shape index (κ3) is 6.23. The Hall–Kier alpha value is -2.34. The van der Waals surface area contributed by atoms with E-state index in [-0.39, 0.29) is 11.8 Å². The molecule has 2 amide bonds. The molecule has 132 valence electrons. The van der Waals surface area contributed by atoms with Crippen LogP contribution in [0.5, 0.6) is 0 Å². The van der Waals surface area contributed by atoms with E-state index < -0.39 is 0 Å². The molecule has 0 aliphatic carbocycles. The van der Waals surface area contributed by atoms with E-state index in [1.807, 2.05) is 37.3 Å². The summed E-state index contributed by atoms with van der Waals surface area (Å²) >= 11 is 1.64. The van der Waals surface area contributed by atoms with Crippen LogP contribution in [0.1, 0.15) is 42.6 Å². The molecule has 2 rings (SSSR count). The Balaban J connectivity index is 1.91. The van der Waals surface area contributed by atoms with Gasteiger partial charge in [0.1, 0.15) is 0 Å². The van der Waals surface area contributed by atoms with E-state index in [1.54, 1.807) is 24.0 Å². The van der Waals surface area contributed by atoms with Crippen LogP contribution in [0.25, 0.3) is 0 Å². The number of rotatable bonds is 8. The van der Waals surface area contributed by atoms with Gasteiger partial charge in [0.15, 0.2) is 0 Å². The molecule has 0 saturated carbocycles. The van der Waals surface area contributed by atoms with E-state index in [0.29, 0.717) is 18.5 Å². The number of pyridine rings is 1. The van der Waals surface area contributed by atoms with Crippen molar-refractivity contribution in [1.29, 1.82) is 0 Å². The Kier molecular flexibility index (Phi) is 7.47. The van der Waals surface area contributed by atoms with Crippen molar-refractivity contribution in [2.45, 2.75) is 38.3 Å². The van der Waals surface area contributed by atoms with Gasteiger partial charge in [-0.15, -0.1) is 11.8 Å². The first-order chi connectivity index (χ1) is 12.1. The summed E-state index contributed by atoms with van der Waals surface area (Å²) < 4.78 is 0. The Morgan fingerprint density at radius 2 is 2.00 bits per heavy atom. The zero-order chi connectivity index (χ0) is 18.1. The molecule has 5 nitrogen and oxygen atoms in total. The molecule has 2 aromatic rings. The van der Waals surface area contributed by atoms with Gasteiger partial charge >= 0.3 is 0 Å². The highest BCUT2D eigenvalue weighted by Crippen LogP contribution is 2.15. The molecule has 0 aliphatic rings.